The Hall–Kier alpha value is -0.920. The molecule has 0 atom stereocenters. The average molecular weight is 198 g/mol. The molecule has 0 N–H and O–H groups in total. The predicted molar refractivity (Wildman–Crippen MR) is 54.6 cm³/mol. The second-order valence-electron chi connectivity index (χ2n) is 3.88. The van der Waals surface area contributed by atoms with Crippen molar-refractivity contribution in [3.05, 3.63) is 34.4 Å². The van der Waals surface area contributed by atoms with E-state index in [0.29, 0.717) is 12.0 Å². The number of aryl methyl sites for hydroxylation is 1. The van der Waals surface area contributed by atoms with Crippen molar-refractivity contribution in [2.75, 3.05) is 0 Å². The van der Waals surface area contributed by atoms with Gasteiger partial charge in [-0.2, -0.15) is 0 Å². The molecule has 0 nitrogen and oxygen atoms in total. The SMILES string of the molecule is CCc1cc(F)c(C(C)C)c(F)c1C. The van der Waals surface area contributed by atoms with Gasteiger partial charge in [0.1, 0.15) is 11.6 Å². The highest BCUT2D eigenvalue weighted by atomic mass is 19.1. The summed E-state index contributed by atoms with van der Waals surface area (Å²) in [5.41, 5.74) is 1.54. The van der Waals surface area contributed by atoms with E-state index in [1.807, 2.05) is 6.92 Å². The highest BCUT2D eigenvalue weighted by Gasteiger charge is 2.17. The van der Waals surface area contributed by atoms with Gasteiger partial charge in [-0.15, -0.1) is 0 Å². The van der Waals surface area contributed by atoms with Gasteiger partial charge >= 0.3 is 0 Å². The van der Waals surface area contributed by atoms with Crippen LogP contribution in [-0.4, -0.2) is 0 Å². The standard InChI is InChI=1S/C12H16F2/c1-5-9-6-10(13)11(7(2)3)12(14)8(9)4/h6-7H,5H2,1-4H3. The fourth-order valence-corrected chi connectivity index (χ4v) is 1.68. The van der Waals surface area contributed by atoms with E-state index >= 15 is 0 Å². The number of hydrogen-bond donors (Lipinski definition) is 0. The van der Waals surface area contributed by atoms with Crippen LogP contribution in [0.2, 0.25) is 0 Å². The molecule has 0 bridgehead atoms. The van der Waals surface area contributed by atoms with Crippen molar-refractivity contribution >= 4 is 0 Å². The van der Waals surface area contributed by atoms with Gasteiger partial charge in [-0.3, -0.25) is 0 Å². The molecular weight excluding hydrogens is 182 g/mol. The summed E-state index contributed by atoms with van der Waals surface area (Å²) in [5.74, 6) is -0.906. The van der Waals surface area contributed by atoms with Crippen LogP contribution >= 0.6 is 0 Å². The quantitative estimate of drug-likeness (QED) is 0.674. The van der Waals surface area contributed by atoms with Crippen LogP contribution in [0.1, 0.15) is 43.4 Å². The van der Waals surface area contributed by atoms with Crippen LogP contribution in [0.4, 0.5) is 8.78 Å². The Bertz CT molecular complexity index is 341. The van der Waals surface area contributed by atoms with Crippen LogP contribution < -0.4 is 0 Å². The minimum atomic E-state index is -0.417. The molecule has 0 fully saturated rings. The summed E-state index contributed by atoms with van der Waals surface area (Å²) in [7, 11) is 0. The molecule has 1 rings (SSSR count). The van der Waals surface area contributed by atoms with Crippen molar-refractivity contribution in [1.29, 1.82) is 0 Å². The van der Waals surface area contributed by atoms with Crippen LogP contribution in [0.5, 0.6) is 0 Å². The zero-order valence-corrected chi connectivity index (χ0v) is 9.12. The molecule has 14 heavy (non-hydrogen) atoms. The zero-order valence-electron chi connectivity index (χ0n) is 9.12. The first kappa shape index (κ1) is 11.2. The molecule has 0 aromatic heterocycles. The second-order valence-corrected chi connectivity index (χ2v) is 3.88. The van der Waals surface area contributed by atoms with Crippen LogP contribution in [-0.2, 0) is 6.42 Å². The van der Waals surface area contributed by atoms with E-state index in [2.05, 4.69) is 0 Å². The summed E-state index contributed by atoms with van der Waals surface area (Å²) in [6, 6.07) is 1.45. The molecule has 0 aliphatic carbocycles. The van der Waals surface area contributed by atoms with Gasteiger partial charge in [-0.25, -0.2) is 8.78 Å². The van der Waals surface area contributed by atoms with E-state index in [-0.39, 0.29) is 17.3 Å². The highest BCUT2D eigenvalue weighted by molar-refractivity contribution is 5.35. The van der Waals surface area contributed by atoms with E-state index in [1.54, 1.807) is 20.8 Å². The molecular formula is C12H16F2. The van der Waals surface area contributed by atoms with E-state index < -0.39 is 5.82 Å². The van der Waals surface area contributed by atoms with Crippen molar-refractivity contribution in [3.63, 3.8) is 0 Å². The second kappa shape index (κ2) is 4.07. The first-order chi connectivity index (χ1) is 6.49. The molecule has 1 aromatic carbocycles. The Morgan fingerprint density at radius 2 is 1.86 bits per heavy atom. The molecule has 0 unspecified atom stereocenters. The number of benzene rings is 1. The zero-order chi connectivity index (χ0) is 10.9. The topological polar surface area (TPSA) is 0 Å². The lowest BCUT2D eigenvalue weighted by molar-refractivity contribution is 0.533. The number of hydrogen-bond acceptors (Lipinski definition) is 0. The summed E-state index contributed by atoms with van der Waals surface area (Å²) >= 11 is 0. The monoisotopic (exact) mass is 198 g/mol. The third-order valence-corrected chi connectivity index (χ3v) is 2.56. The van der Waals surface area contributed by atoms with Gasteiger partial charge in [0.15, 0.2) is 0 Å². The van der Waals surface area contributed by atoms with Crippen molar-refractivity contribution < 1.29 is 8.78 Å². The average Bonchev–Trinajstić information content (AvgIpc) is 2.10. The van der Waals surface area contributed by atoms with Gasteiger partial charge in [0.2, 0.25) is 0 Å². The molecule has 2 heteroatoms. The van der Waals surface area contributed by atoms with Crippen LogP contribution in [0.25, 0.3) is 0 Å². The third kappa shape index (κ3) is 1.79. The van der Waals surface area contributed by atoms with Gasteiger partial charge in [0.25, 0.3) is 0 Å². The number of halogens is 2. The lowest BCUT2D eigenvalue weighted by Crippen LogP contribution is -2.03. The van der Waals surface area contributed by atoms with E-state index in [1.165, 1.54) is 6.07 Å². The molecule has 0 spiro atoms. The summed E-state index contributed by atoms with van der Waals surface area (Å²) < 4.78 is 27.2. The van der Waals surface area contributed by atoms with Gasteiger partial charge < -0.3 is 0 Å². The lowest BCUT2D eigenvalue weighted by atomic mass is 9.95. The molecule has 0 amide bonds. The molecule has 0 aliphatic rings. The lowest BCUT2D eigenvalue weighted by Gasteiger charge is -2.13. The fraction of sp³-hybridized carbons (Fsp3) is 0.500. The maximum atomic E-state index is 13.7. The molecule has 0 saturated carbocycles. The number of rotatable bonds is 2. The molecule has 0 saturated heterocycles. The Morgan fingerprint density at radius 3 is 2.29 bits per heavy atom. The van der Waals surface area contributed by atoms with Crippen molar-refractivity contribution in [2.45, 2.75) is 40.0 Å². The predicted octanol–water partition coefficient (Wildman–Crippen LogP) is 3.96. The smallest absolute Gasteiger partial charge is 0.132 e. The minimum absolute atomic E-state index is 0.111. The Morgan fingerprint density at radius 1 is 1.29 bits per heavy atom. The van der Waals surface area contributed by atoms with E-state index in [9.17, 15) is 8.78 Å². The maximum Gasteiger partial charge on any atom is 0.132 e. The summed E-state index contributed by atoms with van der Waals surface area (Å²) in [6.07, 6.45) is 0.665. The van der Waals surface area contributed by atoms with Gasteiger partial charge in [0.05, 0.1) is 0 Å². The Labute approximate surface area is 84.0 Å². The molecule has 1 aromatic rings. The largest absolute Gasteiger partial charge is 0.207 e. The van der Waals surface area contributed by atoms with Crippen molar-refractivity contribution in [3.8, 4) is 0 Å². The fourth-order valence-electron chi connectivity index (χ4n) is 1.68. The van der Waals surface area contributed by atoms with Crippen molar-refractivity contribution in [1.82, 2.24) is 0 Å². The van der Waals surface area contributed by atoms with Gasteiger partial charge in [-0.1, -0.05) is 20.8 Å². The summed E-state index contributed by atoms with van der Waals surface area (Å²) in [5, 5.41) is 0. The molecule has 0 heterocycles. The summed E-state index contributed by atoms with van der Waals surface area (Å²) in [6.45, 7) is 7.20. The van der Waals surface area contributed by atoms with E-state index in [4.69, 9.17) is 0 Å². The normalized spacial score (nSPS) is 11.1. The molecule has 0 radical (unpaired) electrons. The Kier molecular flexibility index (Phi) is 3.25. The first-order valence-corrected chi connectivity index (χ1v) is 4.96. The van der Waals surface area contributed by atoms with Crippen LogP contribution in [0.15, 0.2) is 6.07 Å². The molecule has 78 valence electrons. The van der Waals surface area contributed by atoms with Crippen LogP contribution in [0, 0.1) is 18.6 Å². The Balaban J connectivity index is 3.41. The van der Waals surface area contributed by atoms with Crippen molar-refractivity contribution in [2.24, 2.45) is 0 Å². The molecule has 0 aliphatic heterocycles. The highest BCUT2D eigenvalue weighted by Crippen LogP contribution is 2.26. The van der Waals surface area contributed by atoms with Gasteiger partial charge in [0, 0.05) is 5.56 Å². The first-order valence-electron chi connectivity index (χ1n) is 4.96. The third-order valence-electron chi connectivity index (χ3n) is 2.56. The summed E-state index contributed by atoms with van der Waals surface area (Å²) in [4.78, 5) is 0. The van der Waals surface area contributed by atoms with Crippen LogP contribution in [0.3, 0.4) is 0 Å². The minimum Gasteiger partial charge on any atom is -0.207 e. The van der Waals surface area contributed by atoms with Gasteiger partial charge in [-0.05, 0) is 36.5 Å². The van der Waals surface area contributed by atoms with E-state index in [0.717, 1.165) is 5.56 Å². The maximum absolute atomic E-state index is 13.7.